The van der Waals surface area contributed by atoms with Gasteiger partial charge in [-0.1, -0.05) is 19.1 Å². The van der Waals surface area contributed by atoms with Gasteiger partial charge in [-0.25, -0.2) is 0 Å². The number of carbonyl (C=O) groups excluding carboxylic acids is 1. The van der Waals surface area contributed by atoms with E-state index in [0.717, 1.165) is 51.6 Å². The highest BCUT2D eigenvalue weighted by molar-refractivity contribution is 5.81. The molecule has 0 bridgehead atoms. The first kappa shape index (κ1) is 17.0. The van der Waals surface area contributed by atoms with Crippen molar-refractivity contribution in [1.29, 1.82) is 0 Å². The molecule has 1 aliphatic rings. The van der Waals surface area contributed by atoms with E-state index in [1.165, 1.54) is 0 Å². The van der Waals surface area contributed by atoms with Crippen LogP contribution >= 0.6 is 0 Å². The molecule has 0 N–H and O–H groups in total. The van der Waals surface area contributed by atoms with Crippen LogP contribution < -0.4 is 0 Å². The topological polar surface area (TPSA) is 29.5 Å². The zero-order valence-corrected chi connectivity index (χ0v) is 13.1. The number of piperidine rings is 1. The number of likely N-dealkylation sites (tertiary alicyclic amines) is 1. The summed E-state index contributed by atoms with van der Waals surface area (Å²) in [4.78, 5) is 15.0. The molecular weight excluding hydrogens is 250 g/mol. The molecule has 0 aromatic heterocycles. The van der Waals surface area contributed by atoms with Crippen molar-refractivity contribution in [3.8, 4) is 0 Å². The average molecular weight is 279 g/mol. The zero-order valence-electron chi connectivity index (χ0n) is 13.1. The van der Waals surface area contributed by atoms with Gasteiger partial charge in [0.25, 0.3) is 0 Å². The third-order valence-corrected chi connectivity index (χ3v) is 4.25. The summed E-state index contributed by atoms with van der Waals surface area (Å²) < 4.78 is 5.67. The van der Waals surface area contributed by atoms with Gasteiger partial charge >= 0.3 is 5.97 Å². The highest BCUT2D eigenvalue weighted by Crippen LogP contribution is 2.34. The van der Waals surface area contributed by atoms with Gasteiger partial charge in [0.05, 0.1) is 6.10 Å². The molecule has 0 saturated carbocycles. The fraction of sp³-hybridized carbons (Fsp3) is 0.706. The Morgan fingerprint density at radius 2 is 2.15 bits per heavy atom. The molecule has 0 aromatic rings. The van der Waals surface area contributed by atoms with Crippen molar-refractivity contribution in [3.05, 3.63) is 25.3 Å². The summed E-state index contributed by atoms with van der Waals surface area (Å²) in [6.07, 6.45) is 9.33. The predicted octanol–water partition coefficient (Wildman–Crippen LogP) is 3.71. The standard InChI is InChI=1S/C17H29NO2/c1-5-8-11-17(16(19)20-15(4)7-3)12-9-10-14-18(17)13-6-2/h5-6,15H,1-2,7-14H2,3-4H3. The third kappa shape index (κ3) is 3.95. The van der Waals surface area contributed by atoms with Crippen molar-refractivity contribution in [2.24, 2.45) is 0 Å². The van der Waals surface area contributed by atoms with Crippen LogP contribution in [0, 0.1) is 0 Å². The van der Waals surface area contributed by atoms with Gasteiger partial charge in [-0.15, -0.1) is 13.2 Å². The molecule has 2 unspecified atom stereocenters. The van der Waals surface area contributed by atoms with Gasteiger partial charge in [-0.3, -0.25) is 9.69 Å². The summed E-state index contributed by atoms with van der Waals surface area (Å²) in [5, 5.41) is 0. The fourth-order valence-electron chi connectivity index (χ4n) is 2.85. The SMILES string of the molecule is C=CCCC1(C(=O)OC(C)CC)CCCCN1CC=C. The number of nitrogens with zero attached hydrogens (tertiary/aromatic N) is 1. The van der Waals surface area contributed by atoms with E-state index in [9.17, 15) is 4.79 Å². The van der Waals surface area contributed by atoms with Crippen molar-refractivity contribution in [2.75, 3.05) is 13.1 Å². The Morgan fingerprint density at radius 3 is 2.75 bits per heavy atom. The van der Waals surface area contributed by atoms with Gasteiger partial charge in [-0.2, -0.15) is 0 Å². The second kappa shape index (κ2) is 8.25. The van der Waals surface area contributed by atoms with E-state index in [2.05, 4.69) is 18.1 Å². The van der Waals surface area contributed by atoms with Gasteiger partial charge in [-0.05, 0) is 52.0 Å². The van der Waals surface area contributed by atoms with E-state index in [0.29, 0.717) is 0 Å². The molecule has 2 atom stereocenters. The molecule has 0 amide bonds. The Balaban J connectivity index is 2.94. The summed E-state index contributed by atoms with van der Waals surface area (Å²) >= 11 is 0. The monoisotopic (exact) mass is 279 g/mol. The van der Waals surface area contributed by atoms with Crippen LogP contribution in [0.25, 0.3) is 0 Å². The summed E-state index contributed by atoms with van der Waals surface area (Å²) in [7, 11) is 0. The van der Waals surface area contributed by atoms with E-state index < -0.39 is 5.54 Å². The Labute approximate surface area is 123 Å². The summed E-state index contributed by atoms with van der Waals surface area (Å²) in [5.74, 6) is -0.0600. The molecule has 0 aliphatic carbocycles. The van der Waals surface area contributed by atoms with E-state index in [4.69, 9.17) is 4.74 Å². The van der Waals surface area contributed by atoms with Crippen molar-refractivity contribution in [2.45, 2.75) is 64.0 Å². The number of hydrogen-bond donors (Lipinski definition) is 0. The van der Waals surface area contributed by atoms with Crippen molar-refractivity contribution in [1.82, 2.24) is 4.90 Å². The second-order valence-electron chi connectivity index (χ2n) is 5.67. The summed E-state index contributed by atoms with van der Waals surface area (Å²) in [6, 6.07) is 0. The highest BCUT2D eigenvalue weighted by atomic mass is 16.5. The molecule has 1 fully saturated rings. The van der Waals surface area contributed by atoms with Gasteiger partial charge in [0.15, 0.2) is 0 Å². The first-order valence-corrected chi connectivity index (χ1v) is 7.78. The van der Waals surface area contributed by atoms with Crippen LogP contribution in [0.3, 0.4) is 0 Å². The minimum absolute atomic E-state index is 0.0180. The molecule has 1 saturated heterocycles. The van der Waals surface area contributed by atoms with Crippen LogP contribution in [0.2, 0.25) is 0 Å². The Morgan fingerprint density at radius 1 is 1.40 bits per heavy atom. The minimum Gasteiger partial charge on any atom is -0.461 e. The van der Waals surface area contributed by atoms with Gasteiger partial charge in [0.1, 0.15) is 5.54 Å². The van der Waals surface area contributed by atoms with Crippen molar-refractivity contribution in [3.63, 3.8) is 0 Å². The molecule has 3 nitrogen and oxygen atoms in total. The van der Waals surface area contributed by atoms with E-state index in [1.54, 1.807) is 0 Å². The van der Waals surface area contributed by atoms with Crippen LogP contribution in [0.4, 0.5) is 0 Å². The number of esters is 1. The predicted molar refractivity (Wildman–Crippen MR) is 83.6 cm³/mol. The lowest BCUT2D eigenvalue weighted by Crippen LogP contribution is -2.58. The quantitative estimate of drug-likeness (QED) is 0.501. The smallest absolute Gasteiger partial charge is 0.326 e. The molecule has 0 radical (unpaired) electrons. The van der Waals surface area contributed by atoms with Crippen LogP contribution in [0.1, 0.15) is 52.4 Å². The van der Waals surface area contributed by atoms with Crippen LogP contribution in [0.5, 0.6) is 0 Å². The van der Waals surface area contributed by atoms with Crippen LogP contribution in [-0.4, -0.2) is 35.6 Å². The maximum Gasteiger partial charge on any atom is 0.326 e. The van der Waals surface area contributed by atoms with Crippen LogP contribution in [-0.2, 0) is 9.53 Å². The molecular formula is C17H29NO2. The summed E-state index contributed by atoms with van der Waals surface area (Å²) in [5.41, 5.74) is -0.482. The number of hydrogen-bond acceptors (Lipinski definition) is 3. The first-order valence-electron chi connectivity index (χ1n) is 7.78. The largest absolute Gasteiger partial charge is 0.461 e. The maximum atomic E-state index is 12.7. The molecule has 1 aliphatic heterocycles. The first-order chi connectivity index (χ1) is 9.60. The maximum absolute atomic E-state index is 12.7. The van der Waals surface area contributed by atoms with E-state index in [1.807, 2.05) is 26.0 Å². The lowest BCUT2D eigenvalue weighted by Gasteiger charge is -2.45. The van der Waals surface area contributed by atoms with E-state index in [-0.39, 0.29) is 12.1 Å². The Bertz CT molecular complexity index is 340. The lowest BCUT2D eigenvalue weighted by atomic mass is 9.82. The van der Waals surface area contributed by atoms with Crippen LogP contribution in [0.15, 0.2) is 25.3 Å². The molecule has 114 valence electrons. The lowest BCUT2D eigenvalue weighted by molar-refractivity contribution is -0.166. The second-order valence-corrected chi connectivity index (χ2v) is 5.67. The molecule has 3 heteroatoms. The minimum atomic E-state index is -0.482. The number of carbonyl (C=O) groups is 1. The van der Waals surface area contributed by atoms with E-state index >= 15 is 0 Å². The Hall–Kier alpha value is -1.09. The molecule has 1 rings (SSSR count). The van der Waals surface area contributed by atoms with Crippen molar-refractivity contribution < 1.29 is 9.53 Å². The normalized spacial score (nSPS) is 24.9. The fourth-order valence-corrected chi connectivity index (χ4v) is 2.85. The number of allylic oxidation sites excluding steroid dienone is 1. The van der Waals surface area contributed by atoms with Gasteiger partial charge < -0.3 is 4.74 Å². The van der Waals surface area contributed by atoms with Gasteiger partial charge in [0, 0.05) is 6.54 Å². The summed E-state index contributed by atoms with van der Waals surface area (Å²) in [6.45, 7) is 13.3. The molecule has 1 heterocycles. The van der Waals surface area contributed by atoms with Crippen molar-refractivity contribution >= 4 is 5.97 Å². The Kier molecular flexibility index (Phi) is 7.00. The van der Waals surface area contributed by atoms with Gasteiger partial charge in [0.2, 0.25) is 0 Å². The number of ether oxygens (including phenoxy) is 1. The number of rotatable bonds is 8. The molecule has 20 heavy (non-hydrogen) atoms. The third-order valence-electron chi connectivity index (χ3n) is 4.25. The molecule has 0 spiro atoms. The zero-order chi connectivity index (χ0) is 15.0. The molecule has 0 aromatic carbocycles. The highest BCUT2D eigenvalue weighted by Gasteiger charge is 2.46. The average Bonchev–Trinajstić information content (AvgIpc) is 2.46.